The Kier molecular flexibility index (Phi) is 5.55. The zero-order valence-corrected chi connectivity index (χ0v) is 13.6. The summed E-state index contributed by atoms with van der Waals surface area (Å²) in [6.45, 7) is -1.24. The summed E-state index contributed by atoms with van der Waals surface area (Å²) in [4.78, 5) is 36.0. The first-order chi connectivity index (χ1) is 11.6. The van der Waals surface area contributed by atoms with Crippen molar-refractivity contribution >= 4 is 29.2 Å². The summed E-state index contributed by atoms with van der Waals surface area (Å²) in [6, 6.07) is 1.69. The van der Waals surface area contributed by atoms with Crippen molar-refractivity contribution in [2.45, 2.75) is 18.6 Å². The van der Waals surface area contributed by atoms with Gasteiger partial charge < -0.3 is 21.1 Å². The molecule has 4 N–H and O–H groups in total. The van der Waals surface area contributed by atoms with E-state index in [1.165, 1.54) is 11.3 Å². The lowest BCUT2D eigenvalue weighted by Gasteiger charge is -2.21. The molecule has 3 atom stereocenters. The summed E-state index contributed by atoms with van der Waals surface area (Å²) in [6.07, 6.45) is -5.02. The monoisotopic (exact) mass is 379 g/mol. The molecule has 2 rings (SSSR count). The zero-order valence-electron chi connectivity index (χ0n) is 12.8. The highest BCUT2D eigenvalue weighted by Crippen LogP contribution is 2.38. The van der Waals surface area contributed by atoms with Crippen LogP contribution in [0, 0.1) is 11.8 Å². The van der Waals surface area contributed by atoms with Crippen LogP contribution in [0.5, 0.6) is 0 Å². The van der Waals surface area contributed by atoms with Crippen LogP contribution >= 0.6 is 11.3 Å². The predicted octanol–water partition coefficient (Wildman–Crippen LogP) is 1.57. The van der Waals surface area contributed by atoms with E-state index in [4.69, 9.17) is 10.8 Å². The van der Waals surface area contributed by atoms with Crippen LogP contribution in [0.4, 0.5) is 18.0 Å². The zero-order chi connectivity index (χ0) is 18.8. The fourth-order valence-corrected chi connectivity index (χ4v) is 3.56. The number of nitrogens with two attached hydrogens (primary N) is 1. The molecule has 1 saturated heterocycles. The van der Waals surface area contributed by atoms with Crippen molar-refractivity contribution in [3.8, 4) is 0 Å². The quantitative estimate of drug-likeness (QED) is 0.721. The van der Waals surface area contributed by atoms with E-state index in [-0.39, 0.29) is 6.42 Å². The van der Waals surface area contributed by atoms with Gasteiger partial charge in [-0.2, -0.15) is 13.2 Å². The molecule has 1 unspecified atom stereocenters. The normalized spacial score (nSPS) is 21.8. The maximum Gasteiger partial charge on any atom is 0.394 e. The molecular weight excluding hydrogens is 363 g/mol. The maximum atomic E-state index is 13.0. The second kappa shape index (κ2) is 7.30. The lowest BCUT2D eigenvalue weighted by atomic mass is 9.96. The SMILES string of the molecule is NC(=O)NC(CC(=O)N1C[C@@H](C(F)(F)F)[C@H](C(=O)O)C1)c1cccs1. The number of halogens is 3. The van der Waals surface area contributed by atoms with Gasteiger partial charge in [0, 0.05) is 18.0 Å². The summed E-state index contributed by atoms with van der Waals surface area (Å²) in [5, 5.41) is 13.1. The Morgan fingerprint density at radius 3 is 2.52 bits per heavy atom. The van der Waals surface area contributed by atoms with Crippen LogP contribution in [0.2, 0.25) is 0 Å². The van der Waals surface area contributed by atoms with E-state index in [1.807, 2.05) is 0 Å². The number of amides is 3. The minimum Gasteiger partial charge on any atom is -0.481 e. The van der Waals surface area contributed by atoms with E-state index in [1.54, 1.807) is 17.5 Å². The molecule has 1 aliphatic rings. The van der Waals surface area contributed by atoms with Gasteiger partial charge in [0.15, 0.2) is 0 Å². The molecule has 25 heavy (non-hydrogen) atoms. The number of hydrogen-bond donors (Lipinski definition) is 3. The van der Waals surface area contributed by atoms with E-state index in [0.29, 0.717) is 4.88 Å². The smallest absolute Gasteiger partial charge is 0.394 e. The number of hydrogen-bond acceptors (Lipinski definition) is 4. The van der Waals surface area contributed by atoms with Gasteiger partial charge in [0.1, 0.15) is 0 Å². The van der Waals surface area contributed by atoms with Crippen LogP contribution in [0.25, 0.3) is 0 Å². The fourth-order valence-electron chi connectivity index (χ4n) is 2.78. The standard InChI is InChI=1S/C14H16F3N3O4S/c15-14(16,17)8-6-20(5-7(8)12(22)23)11(21)4-9(19-13(18)24)10-2-1-3-25-10/h1-3,7-9H,4-6H2,(H,22,23)(H3,18,19,24)/t7-,8-,9?/m1/s1. The number of likely N-dealkylation sites (tertiary alicyclic amines) is 1. The van der Waals surface area contributed by atoms with Gasteiger partial charge in [0.05, 0.1) is 24.3 Å². The number of carboxylic acids is 1. The fraction of sp³-hybridized carbons (Fsp3) is 0.500. The second-order valence-corrected chi connectivity index (χ2v) is 6.65. The minimum atomic E-state index is -4.71. The first-order valence-electron chi connectivity index (χ1n) is 7.26. The number of carboxylic acid groups (broad SMARTS) is 1. The van der Waals surface area contributed by atoms with Gasteiger partial charge in [0.25, 0.3) is 0 Å². The maximum absolute atomic E-state index is 13.0. The number of nitrogens with zero attached hydrogens (tertiary/aromatic N) is 1. The highest BCUT2D eigenvalue weighted by molar-refractivity contribution is 7.10. The number of primary amides is 1. The van der Waals surface area contributed by atoms with Gasteiger partial charge in [-0.25, -0.2) is 4.79 Å². The van der Waals surface area contributed by atoms with Crippen molar-refractivity contribution in [1.82, 2.24) is 10.2 Å². The minimum absolute atomic E-state index is 0.305. The molecule has 0 saturated carbocycles. The molecule has 2 heterocycles. The average molecular weight is 379 g/mol. The third-order valence-electron chi connectivity index (χ3n) is 3.99. The third kappa shape index (κ3) is 4.62. The molecule has 0 bridgehead atoms. The van der Waals surface area contributed by atoms with Crippen LogP contribution in [0.3, 0.4) is 0 Å². The molecule has 0 aromatic carbocycles. The molecule has 3 amide bonds. The van der Waals surface area contributed by atoms with Gasteiger partial charge in [-0.05, 0) is 11.4 Å². The Hall–Kier alpha value is -2.30. The summed E-state index contributed by atoms with van der Waals surface area (Å²) >= 11 is 1.25. The van der Waals surface area contributed by atoms with Crippen molar-refractivity contribution in [1.29, 1.82) is 0 Å². The van der Waals surface area contributed by atoms with Gasteiger partial charge in [0.2, 0.25) is 5.91 Å². The topological polar surface area (TPSA) is 113 Å². The molecule has 7 nitrogen and oxygen atoms in total. The van der Waals surface area contributed by atoms with Crippen molar-refractivity contribution in [2.24, 2.45) is 17.6 Å². The first-order valence-corrected chi connectivity index (χ1v) is 8.14. The number of rotatable bonds is 5. The summed E-state index contributed by atoms with van der Waals surface area (Å²) in [5.41, 5.74) is 5.07. The van der Waals surface area contributed by atoms with E-state index < -0.39 is 55.1 Å². The van der Waals surface area contributed by atoms with Crippen LogP contribution in [0.1, 0.15) is 17.3 Å². The molecule has 138 valence electrons. The number of alkyl halides is 3. The Morgan fingerprint density at radius 2 is 2.08 bits per heavy atom. The summed E-state index contributed by atoms with van der Waals surface area (Å²) < 4.78 is 39.0. The largest absolute Gasteiger partial charge is 0.481 e. The molecule has 0 spiro atoms. The molecule has 1 aliphatic heterocycles. The van der Waals surface area contributed by atoms with Gasteiger partial charge in [-0.3, -0.25) is 9.59 Å². The highest BCUT2D eigenvalue weighted by atomic mass is 32.1. The molecular formula is C14H16F3N3O4S. The average Bonchev–Trinajstić information content (AvgIpc) is 3.15. The first kappa shape index (κ1) is 19.0. The van der Waals surface area contributed by atoms with E-state index >= 15 is 0 Å². The Morgan fingerprint density at radius 1 is 1.40 bits per heavy atom. The van der Waals surface area contributed by atoms with E-state index in [2.05, 4.69) is 5.32 Å². The number of urea groups is 1. The second-order valence-electron chi connectivity index (χ2n) is 5.67. The number of aliphatic carboxylic acids is 1. The molecule has 0 aliphatic carbocycles. The lowest BCUT2D eigenvalue weighted by molar-refractivity contribution is -0.188. The Balaban J connectivity index is 2.11. The molecule has 1 aromatic rings. The third-order valence-corrected chi connectivity index (χ3v) is 4.98. The Labute approximate surface area is 144 Å². The number of carbonyl (C=O) groups is 3. The van der Waals surface area contributed by atoms with Crippen LogP contribution in [-0.4, -0.2) is 47.2 Å². The predicted molar refractivity (Wildman–Crippen MR) is 81.6 cm³/mol. The molecule has 0 radical (unpaired) electrons. The van der Waals surface area contributed by atoms with E-state index in [0.717, 1.165) is 4.90 Å². The van der Waals surface area contributed by atoms with Crippen molar-refractivity contribution in [3.63, 3.8) is 0 Å². The van der Waals surface area contributed by atoms with Crippen molar-refractivity contribution in [3.05, 3.63) is 22.4 Å². The van der Waals surface area contributed by atoms with Gasteiger partial charge >= 0.3 is 18.2 Å². The number of carbonyl (C=O) groups excluding carboxylic acids is 2. The lowest BCUT2D eigenvalue weighted by Crippen LogP contribution is -2.38. The number of thiophene rings is 1. The van der Waals surface area contributed by atoms with Crippen LogP contribution < -0.4 is 11.1 Å². The van der Waals surface area contributed by atoms with Crippen LogP contribution in [0.15, 0.2) is 17.5 Å². The van der Waals surface area contributed by atoms with Crippen molar-refractivity contribution in [2.75, 3.05) is 13.1 Å². The Bertz CT molecular complexity index is 650. The van der Waals surface area contributed by atoms with Gasteiger partial charge in [-0.15, -0.1) is 11.3 Å². The van der Waals surface area contributed by atoms with E-state index in [9.17, 15) is 27.6 Å². The summed E-state index contributed by atoms with van der Waals surface area (Å²) in [7, 11) is 0. The molecule has 1 fully saturated rings. The van der Waals surface area contributed by atoms with Crippen LogP contribution in [-0.2, 0) is 9.59 Å². The summed E-state index contributed by atoms with van der Waals surface area (Å²) in [5.74, 6) is -6.08. The van der Waals surface area contributed by atoms with Crippen molar-refractivity contribution < 1.29 is 32.7 Å². The highest BCUT2D eigenvalue weighted by Gasteiger charge is 2.53. The molecule has 1 aromatic heterocycles. The molecule has 11 heteroatoms. The van der Waals surface area contributed by atoms with Gasteiger partial charge in [-0.1, -0.05) is 6.07 Å². The number of nitrogens with one attached hydrogen (secondary N) is 1.